The molecule has 0 spiro atoms. The minimum absolute atomic E-state index is 0.262. The molecule has 160 valence electrons. The molecule has 2 heterocycles. The number of amides is 1. The second-order valence-electron chi connectivity index (χ2n) is 7.39. The number of carbonyl (C=O) groups excluding carboxylic acids is 1. The van der Waals surface area contributed by atoms with Gasteiger partial charge in [0.15, 0.2) is 0 Å². The number of hydrazone groups is 1. The van der Waals surface area contributed by atoms with E-state index in [-0.39, 0.29) is 10.7 Å². The van der Waals surface area contributed by atoms with E-state index in [4.69, 9.17) is 16.3 Å². The third-order valence-electron chi connectivity index (χ3n) is 5.36. The second-order valence-corrected chi connectivity index (χ2v) is 7.80. The zero-order chi connectivity index (χ0) is 21.8. The molecule has 0 bridgehead atoms. The summed E-state index contributed by atoms with van der Waals surface area (Å²) in [5, 5.41) is 8.32. The van der Waals surface area contributed by atoms with E-state index in [1.807, 2.05) is 18.2 Å². The van der Waals surface area contributed by atoms with Crippen molar-refractivity contribution in [2.24, 2.45) is 12.1 Å². The molecule has 1 aromatic heterocycles. The van der Waals surface area contributed by atoms with Crippen LogP contribution in [0.25, 0.3) is 0 Å². The fourth-order valence-corrected chi connectivity index (χ4v) is 4.12. The lowest BCUT2D eigenvalue weighted by atomic mass is 10.0. The monoisotopic (exact) mass is 437 g/mol. The van der Waals surface area contributed by atoms with Gasteiger partial charge in [-0.25, -0.2) is 5.43 Å². The maximum Gasteiger partial charge on any atom is 0.291 e. The molecule has 3 aromatic rings. The standard InChI is InChI=1S/C23H24ClN5O2/c1-28-22(19(24)14-26-28)23(30)27-25-13-16-9-10-21(31-2)18(12-16)15-29-11-5-7-17-6-3-4-8-20(17)29/h3-4,6,8-10,12-14H,5,7,11,15H2,1-2H3,(H,27,30)/b25-13+. The molecule has 0 atom stereocenters. The van der Waals surface area contributed by atoms with Crippen LogP contribution in [0.15, 0.2) is 53.8 Å². The number of nitrogens with one attached hydrogen (secondary N) is 1. The SMILES string of the molecule is COc1ccc(/C=N/NC(=O)c2c(Cl)cnn2C)cc1CN1CCCc2ccccc21. The fraction of sp³-hybridized carbons (Fsp3) is 0.261. The summed E-state index contributed by atoms with van der Waals surface area (Å²) in [7, 11) is 3.33. The fourth-order valence-electron chi connectivity index (χ4n) is 3.87. The molecule has 2 aromatic carbocycles. The minimum atomic E-state index is -0.417. The van der Waals surface area contributed by atoms with Gasteiger partial charge in [-0.3, -0.25) is 9.48 Å². The van der Waals surface area contributed by atoms with Crippen LogP contribution in [-0.2, 0) is 20.0 Å². The molecule has 1 aliphatic rings. The van der Waals surface area contributed by atoms with Crippen molar-refractivity contribution in [2.75, 3.05) is 18.6 Å². The number of halogens is 1. The molecule has 1 N–H and O–H groups in total. The van der Waals surface area contributed by atoms with Gasteiger partial charge >= 0.3 is 0 Å². The molecule has 1 aliphatic heterocycles. The minimum Gasteiger partial charge on any atom is -0.496 e. The molecule has 8 heteroatoms. The summed E-state index contributed by atoms with van der Waals surface area (Å²) >= 11 is 6.00. The molecule has 4 rings (SSSR count). The van der Waals surface area contributed by atoms with Gasteiger partial charge < -0.3 is 9.64 Å². The van der Waals surface area contributed by atoms with Gasteiger partial charge in [0, 0.05) is 31.4 Å². The van der Waals surface area contributed by atoms with Crippen LogP contribution in [0.2, 0.25) is 5.02 Å². The predicted molar refractivity (Wildman–Crippen MR) is 122 cm³/mol. The van der Waals surface area contributed by atoms with Crippen molar-refractivity contribution in [3.05, 3.63) is 76.1 Å². The van der Waals surface area contributed by atoms with E-state index in [0.29, 0.717) is 0 Å². The molecule has 0 saturated heterocycles. The van der Waals surface area contributed by atoms with E-state index in [1.165, 1.54) is 22.1 Å². The van der Waals surface area contributed by atoms with E-state index >= 15 is 0 Å². The number of anilines is 1. The number of ether oxygens (including phenoxy) is 1. The average molecular weight is 438 g/mol. The third-order valence-corrected chi connectivity index (χ3v) is 5.64. The van der Waals surface area contributed by atoms with Crippen LogP contribution in [0, 0.1) is 0 Å². The van der Waals surface area contributed by atoms with E-state index in [0.717, 1.165) is 42.8 Å². The molecule has 7 nitrogen and oxygen atoms in total. The van der Waals surface area contributed by atoms with E-state index < -0.39 is 5.91 Å². The zero-order valence-electron chi connectivity index (χ0n) is 17.5. The first-order valence-electron chi connectivity index (χ1n) is 10.1. The normalized spacial score (nSPS) is 13.3. The molecular weight excluding hydrogens is 414 g/mol. The van der Waals surface area contributed by atoms with Gasteiger partial charge in [-0.15, -0.1) is 0 Å². The highest BCUT2D eigenvalue weighted by Gasteiger charge is 2.18. The van der Waals surface area contributed by atoms with E-state index in [9.17, 15) is 4.79 Å². The summed E-state index contributed by atoms with van der Waals surface area (Å²) in [5.41, 5.74) is 7.33. The van der Waals surface area contributed by atoms with Crippen LogP contribution in [0.5, 0.6) is 5.75 Å². The Hall–Kier alpha value is -3.32. The molecule has 0 fully saturated rings. The van der Waals surface area contributed by atoms with Crippen molar-refractivity contribution >= 4 is 29.4 Å². The number of methoxy groups -OCH3 is 1. The van der Waals surface area contributed by atoms with Crippen molar-refractivity contribution in [2.45, 2.75) is 19.4 Å². The van der Waals surface area contributed by atoms with Crippen molar-refractivity contribution < 1.29 is 9.53 Å². The number of benzene rings is 2. The summed E-state index contributed by atoms with van der Waals surface area (Å²) < 4.78 is 6.99. The average Bonchev–Trinajstić information content (AvgIpc) is 3.12. The Labute approximate surface area is 186 Å². The number of aryl methyl sites for hydroxylation is 2. The number of carbonyl (C=O) groups is 1. The molecule has 1 amide bonds. The largest absolute Gasteiger partial charge is 0.496 e. The maximum absolute atomic E-state index is 12.3. The van der Waals surface area contributed by atoms with Crippen molar-refractivity contribution in [1.29, 1.82) is 0 Å². The molecule has 31 heavy (non-hydrogen) atoms. The Kier molecular flexibility index (Phi) is 6.23. The van der Waals surface area contributed by atoms with E-state index in [1.54, 1.807) is 20.4 Å². The highest BCUT2D eigenvalue weighted by atomic mass is 35.5. The number of para-hydroxylation sites is 1. The second kappa shape index (κ2) is 9.22. The predicted octanol–water partition coefficient (Wildman–Crippen LogP) is 3.80. The lowest BCUT2D eigenvalue weighted by Gasteiger charge is -2.31. The molecular formula is C23H24ClN5O2. The Balaban J connectivity index is 1.50. The van der Waals surface area contributed by atoms with Gasteiger partial charge in [0.25, 0.3) is 5.91 Å². The first-order chi connectivity index (χ1) is 15.1. The van der Waals surface area contributed by atoms with Gasteiger partial charge in [-0.1, -0.05) is 29.8 Å². The van der Waals surface area contributed by atoms with Gasteiger partial charge in [0.1, 0.15) is 11.4 Å². The van der Waals surface area contributed by atoms with Crippen LogP contribution in [0.3, 0.4) is 0 Å². The molecule has 0 aliphatic carbocycles. The Morgan fingerprint density at radius 1 is 1.32 bits per heavy atom. The summed E-state index contributed by atoms with van der Waals surface area (Å²) in [6.07, 6.45) is 5.27. The number of nitrogens with zero attached hydrogens (tertiary/aromatic N) is 4. The summed E-state index contributed by atoms with van der Waals surface area (Å²) in [4.78, 5) is 14.7. The van der Waals surface area contributed by atoms with Crippen molar-refractivity contribution in [3.63, 3.8) is 0 Å². The Morgan fingerprint density at radius 3 is 2.94 bits per heavy atom. The van der Waals surface area contributed by atoms with Gasteiger partial charge in [-0.2, -0.15) is 10.2 Å². The van der Waals surface area contributed by atoms with Crippen molar-refractivity contribution in [1.82, 2.24) is 15.2 Å². The number of hydrogen-bond acceptors (Lipinski definition) is 5. The van der Waals surface area contributed by atoms with E-state index in [2.05, 4.69) is 44.8 Å². The highest BCUT2D eigenvalue weighted by Crippen LogP contribution is 2.30. The van der Waals surface area contributed by atoms with Gasteiger partial charge in [0.05, 0.1) is 24.5 Å². The van der Waals surface area contributed by atoms with Crippen LogP contribution >= 0.6 is 11.6 Å². The third kappa shape index (κ3) is 4.56. The summed E-state index contributed by atoms with van der Waals surface area (Å²) in [5.74, 6) is 0.408. The number of fused-ring (bicyclic) bond motifs is 1. The molecule has 0 unspecified atom stereocenters. The number of aromatic nitrogens is 2. The molecule has 0 saturated carbocycles. The maximum atomic E-state index is 12.3. The first-order valence-corrected chi connectivity index (χ1v) is 10.5. The summed E-state index contributed by atoms with van der Waals surface area (Å²) in [6, 6.07) is 14.4. The molecule has 0 radical (unpaired) electrons. The lowest BCUT2D eigenvalue weighted by Crippen LogP contribution is -2.29. The Bertz CT molecular complexity index is 1110. The smallest absolute Gasteiger partial charge is 0.291 e. The van der Waals surface area contributed by atoms with Crippen LogP contribution in [0.4, 0.5) is 5.69 Å². The summed E-state index contributed by atoms with van der Waals surface area (Å²) in [6.45, 7) is 1.73. The topological polar surface area (TPSA) is 71.7 Å². The van der Waals surface area contributed by atoms with Gasteiger partial charge in [0.2, 0.25) is 0 Å². The number of rotatable bonds is 6. The quantitative estimate of drug-likeness (QED) is 0.470. The van der Waals surface area contributed by atoms with Crippen LogP contribution in [-0.4, -0.2) is 35.6 Å². The first kappa shape index (κ1) is 20.9. The van der Waals surface area contributed by atoms with Crippen LogP contribution < -0.4 is 15.1 Å². The van der Waals surface area contributed by atoms with Crippen molar-refractivity contribution in [3.8, 4) is 5.75 Å². The highest BCUT2D eigenvalue weighted by molar-refractivity contribution is 6.33. The number of hydrogen-bond donors (Lipinski definition) is 1. The lowest BCUT2D eigenvalue weighted by molar-refractivity contribution is 0.0946. The Morgan fingerprint density at radius 2 is 2.16 bits per heavy atom. The van der Waals surface area contributed by atoms with Crippen LogP contribution in [0.1, 0.15) is 33.6 Å². The van der Waals surface area contributed by atoms with Gasteiger partial charge in [-0.05, 0) is 48.2 Å². The zero-order valence-corrected chi connectivity index (χ0v) is 18.3.